The van der Waals surface area contributed by atoms with E-state index < -0.39 is 0 Å². The molecule has 1 saturated heterocycles. The van der Waals surface area contributed by atoms with Crippen LogP contribution in [0.15, 0.2) is 5.16 Å². The molecule has 1 aliphatic heterocycles. The van der Waals surface area contributed by atoms with Gasteiger partial charge in [0.15, 0.2) is 5.16 Å². The van der Waals surface area contributed by atoms with Gasteiger partial charge in [-0.3, -0.25) is 9.59 Å². The van der Waals surface area contributed by atoms with Gasteiger partial charge in [-0.1, -0.05) is 11.8 Å². The Morgan fingerprint density at radius 2 is 2.08 bits per heavy atom. The third kappa shape index (κ3) is 3.58. The van der Waals surface area contributed by atoms with Crippen LogP contribution in [-0.4, -0.2) is 49.8 Å². The van der Waals surface area contributed by atoms with E-state index in [-0.39, 0.29) is 23.0 Å². The topological polar surface area (TPSA) is 94.1 Å². The van der Waals surface area contributed by atoms with Gasteiger partial charge in [-0.15, -0.1) is 10.2 Å². The Bertz CT molecular complexity index is 628. The second-order valence-electron chi connectivity index (χ2n) is 6.65. The smallest absolute Gasteiger partial charge is 0.235 e. The van der Waals surface area contributed by atoms with Gasteiger partial charge < -0.3 is 15.2 Å². The zero-order valence-electron chi connectivity index (χ0n) is 14.3. The molecule has 2 N–H and O–H groups in total. The minimum absolute atomic E-state index is 0.0459. The minimum atomic E-state index is -0.312. The van der Waals surface area contributed by atoms with Crippen molar-refractivity contribution in [1.29, 1.82) is 0 Å². The molecule has 3 rings (SSSR count). The molecule has 0 radical (unpaired) electrons. The molecule has 24 heavy (non-hydrogen) atoms. The van der Waals surface area contributed by atoms with Gasteiger partial charge in [0, 0.05) is 25.6 Å². The fourth-order valence-electron chi connectivity index (χ4n) is 3.20. The average molecular weight is 351 g/mol. The second-order valence-corrected chi connectivity index (χ2v) is 7.95. The number of hydrogen-bond donors (Lipinski definition) is 1. The number of rotatable bonds is 6. The van der Waals surface area contributed by atoms with E-state index in [4.69, 9.17) is 5.73 Å². The number of primary amides is 1. The molecule has 2 amide bonds. The fraction of sp³-hybridized carbons (Fsp3) is 0.750. The Morgan fingerprint density at radius 1 is 1.33 bits per heavy atom. The standard InChI is InChI=1S/C16H25N5O2S/c1-3-21-14(11-6-7-11)18-19-16(21)24-10(2)15(23)20-8-4-5-12(9-20)13(17)22/h10-12H,3-9H2,1-2H3,(H2,17,22). The number of hydrogen-bond acceptors (Lipinski definition) is 5. The fourth-order valence-corrected chi connectivity index (χ4v) is 4.21. The number of carbonyl (C=O) groups is 2. The maximum atomic E-state index is 12.7. The summed E-state index contributed by atoms with van der Waals surface area (Å²) in [6.07, 6.45) is 3.96. The van der Waals surface area contributed by atoms with Crippen molar-refractivity contribution in [2.75, 3.05) is 13.1 Å². The molecule has 0 bridgehead atoms. The van der Waals surface area contributed by atoms with Crippen LogP contribution in [0.2, 0.25) is 0 Å². The molecular weight excluding hydrogens is 326 g/mol. The summed E-state index contributed by atoms with van der Waals surface area (Å²) in [7, 11) is 0. The molecule has 2 heterocycles. The van der Waals surface area contributed by atoms with Crippen LogP contribution in [-0.2, 0) is 16.1 Å². The molecule has 1 saturated carbocycles. The van der Waals surface area contributed by atoms with Crippen molar-refractivity contribution in [3.63, 3.8) is 0 Å². The van der Waals surface area contributed by atoms with E-state index in [0.717, 1.165) is 30.4 Å². The van der Waals surface area contributed by atoms with E-state index in [1.807, 2.05) is 6.92 Å². The van der Waals surface area contributed by atoms with Crippen LogP contribution in [0.4, 0.5) is 0 Å². The second kappa shape index (κ2) is 7.13. The molecule has 1 aromatic heterocycles. The van der Waals surface area contributed by atoms with Crippen LogP contribution < -0.4 is 5.73 Å². The lowest BCUT2D eigenvalue weighted by Crippen LogP contribution is -2.46. The highest BCUT2D eigenvalue weighted by atomic mass is 32.2. The van der Waals surface area contributed by atoms with E-state index in [1.54, 1.807) is 4.90 Å². The van der Waals surface area contributed by atoms with E-state index in [1.165, 1.54) is 24.6 Å². The minimum Gasteiger partial charge on any atom is -0.369 e. The van der Waals surface area contributed by atoms with E-state index >= 15 is 0 Å². The van der Waals surface area contributed by atoms with Crippen molar-refractivity contribution < 1.29 is 9.59 Å². The molecule has 2 aliphatic rings. The molecule has 2 atom stereocenters. The Labute approximate surface area is 146 Å². The number of nitrogens with two attached hydrogens (primary N) is 1. The van der Waals surface area contributed by atoms with Crippen LogP contribution in [0.5, 0.6) is 0 Å². The molecule has 0 spiro atoms. The zero-order chi connectivity index (χ0) is 17.3. The van der Waals surface area contributed by atoms with Crippen molar-refractivity contribution in [2.45, 2.75) is 62.4 Å². The van der Waals surface area contributed by atoms with Crippen molar-refractivity contribution >= 4 is 23.6 Å². The highest BCUT2D eigenvalue weighted by Gasteiger charge is 2.33. The SMILES string of the molecule is CCn1c(SC(C)C(=O)N2CCCC(C(N)=O)C2)nnc1C1CC1. The number of carbonyl (C=O) groups excluding carboxylic acids is 2. The predicted molar refractivity (Wildman–Crippen MR) is 91.5 cm³/mol. The maximum absolute atomic E-state index is 12.7. The monoisotopic (exact) mass is 351 g/mol. The first-order valence-electron chi connectivity index (χ1n) is 8.69. The van der Waals surface area contributed by atoms with Crippen LogP contribution in [0.1, 0.15) is 51.3 Å². The lowest BCUT2D eigenvalue weighted by molar-refractivity contribution is -0.134. The van der Waals surface area contributed by atoms with E-state index in [0.29, 0.717) is 19.0 Å². The van der Waals surface area contributed by atoms with Crippen LogP contribution in [0.3, 0.4) is 0 Å². The van der Waals surface area contributed by atoms with Crippen molar-refractivity contribution in [3.05, 3.63) is 5.82 Å². The molecule has 7 nitrogen and oxygen atoms in total. The summed E-state index contributed by atoms with van der Waals surface area (Å²) in [5.74, 6) is 1.10. The average Bonchev–Trinajstić information content (AvgIpc) is 3.35. The summed E-state index contributed by atoms with van der Waals surface area (Å²) in [5, 5.41) is 9.16. The molecule has 0 aromatic carbocycles. The van der Waals surface area contributed by atoms with E-state index in [2.05, 4.69) is 21.7 Å². The van der Waals surface area contributed by atoms with Gasteiger partial charge in [-0.05, 0) is 39.5 Å². The largest absolute Gasteiger partial charge is 0.369 e. The third-order valence-electron chi connectivity index (χ3n) is 4.77. The number of thioether (sulfide) groups is 1. The van der Waals surface area contributed by atoms with Gasteiger partial charge in [0.05, 0.1) is 11.2 Å². The van der Waals surface area contributed by atoms with Crippen molar-refractivity contribution in [3.8, 4) is 0 Å². The molecule has 132 valence electrons. The first-order valence-corrected chi connectivity index (χ1v) is 9.57. The normalized spacial score (nSPS) is 22.4. The number of likely N-dealkylation sites (tertiary alicyclic amines) is 1. The molecule has 8 heteroatoms. The first-order chi connectivity index (χ1) is 11.5. The highest BCUT2D eigenvalue weighted by molar-refractivity contribution is 8.00. The van der Waals surface area contributed by atoms with Gasteiger partial charge in [-0.25, -0.2) is 0 Å². The van der Waals surface area contributed by atoms with Crippen LogP contribution >= 0.6 is 11.8 Å². The van der Waals surface area contributed by atoms with Crippen LogP contribution in [0, 0.1) is 5.92 Å². The van der Waals surface area contributed by atoms with Crippen molar-refractivity contribution in [2.24, 2.45) is 11.7 Å². The Morgan fingerprint density at radius 3 is 2.71 bits per heavy atom. The first kappa shape index (κ1) is 17.3. The van der Waals surface area contributed by atoms with Crippen LogP contribution in [0.25, 0.3) is 0 Å². The third-order valence-corrected chi connectivity index (χ3v) is 5.84. The summed E-state index contributed by atoms with van der Waals surface area (Å²) in [4.78, 5) is 25.9. The molecular formula is C16H25N5O2S. The molecule has 2 unspecified atom stereocenters. The molecule has 1 aromatic rings. The van der Waals surface area contributed by atoms with Gasteiger partial charge in [0.25, 0.3) is 0 Å². The maximum Gasteiger partial charge on any atom is 0.235 e. The van der Waals surface area contributed by atoms with Gasteiger partial charge in [0.2, 0.25) is 11.8 Å². The van der Waals surface area contributed by atoms with Gasteiger partial charge >= 0.3 is 0 Å². The summed E-state index contributed by atoms with van der Waals surface area (Å²) < 4.78 is 2.12. The Hall–Kier alpha value is -1.57. The number of piperidine rings is 1. The number of amides is 2. The summed E-state index contributed by atoms with van der Waals surface area (Å²) in [6, 6.07) is 0. The number of aromatic nitrogens is 3. The summed E-state index contributed by atoms with van der Waals surface area (Å²) in [5.41, 5.74) is 5.40. The molecule has 1 aliphatic carbocycles. The predicted octanol–water partition coefficient (Wildman–Crippen LogP) is 1.38. The van der Waals surface area contributed by atoms with Gasteiger partial charge in [0.1, 0.15) is 5.82 Å². The zero-order valence-corrected chi connectivity index (χ0v) is 15.1. The Kier molecular flexibility index (Phi) is 5.12. The quantitative estimate of drug-likeness (QED) is 0.782. The lowest BCUT2D eigenvalue weighted by atomic mass is 9.97. The highest BCUT2D eigenvalue weighted by Crippen LogP contribution is 2.40. The Balaban J connectivity index is 1.65. The number of nitrogens with zero attached hydrogens (tertiary/aromatic N) is 4. The summed E-state index contributed by atoms with van der Waals surface area (Å²) >= 11 is 1.45. The van der Waals surface area contributed by atoms with Crippen molar-refractivity contribution in [1.82, 2.24) is 19.7 Å². The lowest BCUT2D eigenvalue weighted by Gasteiger charge is -2.32. The van der Waals surface area contributed by atoms with E-state index in [9.17, 15) is 9.59 Å². The van der Waals surface area contributed by atoms with Gasteiger partial charge in [-0.2, -0.15) is 0 Å². The molecule has 2 fully saturated rings. The summed E-state index contributed by atoms with van der Waals surface area (Å²) in [6.45, 7) is 5.92.